The lowest BCUT2D eigenvalue weighted by Crippen LogP contribution is -2.49. The van der Waals surface area contributed by atoms with Crippen LogP contribution in [-0.4, -0.2) is 35.6 Å². The van der Waals surface area contributed by atoms with Gasteiger partial charge < -0.3 is 9.80 Å². The highest BCUT2D eigenvalue weighted by atomic mass is 32.1. The molecule has 3 nitrogen and oxygen atoms in total. The van der Waals surface area contributed by atoms with Gasteiger partial charge in [0, 0.05) is 42.0 Å². The number of anilines is 1. The lowest BCUT2D eigenvalue weighted by atomic mass is 10.1. The van der Waals surface area contributed by atoms with Gasteiger partial charge in [0.05, 0.1) is 0 Å². The Labute approximate surface area is 117 Å². The average molecular weight is 271 g/mol. The van der Waals surface area contributed by atoms with Crippen LogP contribution in [-0.2, 0) is 0 Å². The van der Waals surface area contributed by atoms with Gasteiger partial charge in [0.2, 0.25) is 0 Å². The summed E-state index contributed by atoms with van der Waals surface area (Å²) >= 11 is 1.82. The molecular formula is C15H17N3S. The summed E-state index contributed by atoms with van der Waals surface area (Å²) in [5.74, 6) is 1.18. The molecule has 0 aliphatic carbocycles. The second-order valence-electron chi connectivity index (χ2n) is 5.38. The minimum absolute atomic E-state index is 0.643. The van der Waals surface area contributed by atoms with E-state index in [0.717, 1.165) is 19.6 Å². The van der Waals surface area contributed by atoms with Gasteiger partial charge in [-0.05, 0) is 36.6 Å². The number of fused-ring (bicyclic) bond motifs is 2. The Morgan fingerprint density at radius 1 is 1.37 bits per heavy atom. The van der Waals surface area contributed by atoms with E-state index in [-0.39, 0.29) is 0 Å². The summed E-state index contributed by atoms with van der Waals surface area (Å²) in [4.78, 5) is 9.61. The maximum atomic E-state index is 4.67. The van der Waals surface area contributed by atoms with Crippen molar-refractivity contribution < 1.29 is 0 Å². The third-order valence-corrected chi connectivity index (χ3v) is 5.25. The molecule has 19 heavy (non-hydrogen) atoms. The van der Waals surface area contributed by atoms with Crippen molar-refractivity contribution in [2.75, 3.05) is 24.5 Å². The monoisotopic (exact) mass is 271 g/mol. The quantitative estimate of drug-likeness (QED) is 0.795. The molecule has 0 bridgehead atoms. The van der Waals surface area contributed by atoms with Crippen LogP contribution in [0.1, 0.15) is 12.0 Å². The van der Waals surface area contributed by atoms with Crippen molar-refractivity contribution in [1.82, 2.24) is 9.88 Å². The molecule has 0 amide bonds. The van der Waals surface area contributed by atoms with Crippen molar-refractivity contribution in [1.29, 1.82) is 0 Å². The van der Waals surface area contributed by atoms with Gasteiger partial charge in [-0.25, -0.2) is 4.98 Å². The summed E-state index contributed by atoms with van der Waals surface area (Å²) in [5, 5.41) is 3.59. The van der Waals surface area contributed by atoms with E-state index in [1.807, 2.05) is 17.5 Å². The van der Waals surface area contributed by atoms with Crippen LogP contribution in [0, 0.1) is 6.92 Å². The van der Waals surface area contributed by atoms with E-state index < -0.39 is 0 Å². The normalized spacial score (nSPS) is 22.3. The van der Waals surface area contributed by atoms with E-state index in [1.54, 1.807) is 0 Å². The molecule has 4 rings (SSSR count). The summed E-state index contributed by atoms with van der Waals surface area (Å²) in [6.07, 6.45) is 7.67. The lowest BCUT2D eigenvalue weighted by Gasteiger charge is -2.39. The van der Waals surface area contributed by atoms with E-state index in [9.17, 15) is 0 Å². The third-order valence-electron chi connectivity index (χ3n) is 4.18. The number of hydrogen-bond donors (Lipinski definition) is 0. The molecule has 4 heterocycles. The molecule has 1 unspecified atom stereocenters. The number of hydrogen-bond acceptors (Lipinski definition) is 4. The molecule has 1 fully saturated rings. The second-order valence-corrected chi connectivity index (χ2v) is 6.30. The van der Waals surface area contributed by atoms with Crippen molar-refractivity contribution >= 4 is 27.2 Å². The zero-order valence-electron chi connectivity index (χ0n) is 11.0. The average Bonchev–Trinajstić information content (AvgIpc) is 3.05. The van der Waals surface area contributed by atoms with Crippen LogP contribution in [0.2, 0.25) is 0 Å². The number of pyridine rings is 1. The van der Waals surface area contributed by atoms with Crippen LogP contribution in [0.25, 0.3) is 10.1 Å². The summed E-state index contributed by atoms with van der Waals surface area (Å²) in [5.41, 5.74) is 1.36. The zero-order chi connectivity index (χ0) is 12.8. The first kappa shape index (κ1) is 11.3. The summed E-state index contributed by atoms with van der Waals surface area (Å²) < 4.78 is 1.36. The van der Waals surface area contributed by atoms with Crippen molar-refractivity contribution in [3.63, 3.8) is 0 Å². The standard InChI is InChI=1S/C15H17N3S/c1-11-10-19-13-4-5-16-15(14(11)13)18-8-7-17-6-2-3-12(17)9-18/h2,4-6,10,12H,3,7-9H2,1H3. The van der Waals surface area contributed by atoms with Gasteiger partial charge in [-0.2, -0.15) is 0 Å². The molecule has 0 aromatic carbocycles. The fraction of sp³-hybridized carbons (Fsp3) is 0.400. The van der Waals surface area contributed by atoms with Gasteiger partial charge >= 0.3 is 0 Å². The number of nitrogens with zero attached hydrogens (tertiary/aromatic N) is 3. The van der Waals surface area contributed by atoms with Gasteiger partial charge in [0.1, 0.15) is 5.82 Å². The Morgan fingerprint density at radius 3 is 3.26 bits per heavy atom. The largest absolute Gasteiger partial charge is 0.371 e. The van der Waals surface area contributed by atoms with Crippen LogP contribution >= 0.6 is 11.3 Å². The van der Waals surface area contributed by atoms with Crippen molar-refractivity contribution in [2.24, 2.45) is 0 Å². The van der Waals surface area contributed by atoms with Gasteiger partial charge in [-0.1, -0.05) is 6.08 Å². The van der Waals surface area contributed by atoms with Crippen LogP contribution in [0.3, 0.4) is 0 Å². The topological polar surface area (TPSA) is 19.4 Å². The van der Waals surface area contributed by atoms with E-state index in [2.05, 4.69) is 45.4 Å². The highest BCUT2D eigenvalue weighted by molar-refractivity contribution is 7.17. The number of aromatic nitrogens is 1. The Morgan fingerprint density at radius 2 is 2.32 bits per heavy atom. The molecule has 1 saturated heterocycles. The molecule has 0 saturated carbocycles. The number of piperazine rings is 1. The van der Waals surface area contributed by atoms with Crippen molar-refractivity contribution in [3.05, 3.63) is 35.5 Å². The molecule has 0 radical (unpaired) electrons. The van der Waals surface area contributed by atoms with Gasteiger partial charge in [0.25, 0.3) is 0 Å². The maximum absolute atomic E-state index is 4.67. The molecule has 0 N–H and O–H groups in total. The fourth-order valence-corrected chi connectivity index (χ4v) is 4.11. The first-order valence-electron chi connectivity index (χ1n) is 6.83. The molecule has 2 aliphatic rings. The molecule has 1 atom stereocenters. The lowest BCUT2D eigenvalue weighted by molar-refractivity contribution is 0.270. The first-order valence-corrected chi connectivity index (χ1v) is 7.71. The Kier molecular flexibility index (Phi) is 2.52. The number of aryl methyl sites for hydroxylation is 1. The molecule has 0 spiro atoms. The van der Waals surface area contributed by atoms with Crippen LogP contribution < -0.4 is 4.90 Å². The van der Waals surface area contributed by atoms with Crippen molar-refractivity contribution in [2.45, 2.75) is 19.4 Å². The predicted octanol–water partition coefficient (Wildman–Crippen LogP) is 3.01. The Balaban J connectivity index is 1.73. The van der Waals surface area contributed by atoms with Crippen LogP contribution in [0.15, 0.2) is 29.9 Å². The highest BCUT2D eigenvalue weighted by Crippen LogP contribution is 2.33. The maximum Gasteiger partial charge on any atom is 0.137 e. The van der Waals surface area contributed by atoms with Crippen LogP contribution in [0.5, 0.6) is 0 Å². The molecule has 4 heteroatoms. The van der Waals surface area contributed by atoms with Gasteiger partial charge in [0.15, 0.2) is 0 Å². The highest BCUT2D eigenvalue weighted by Gasteiger charge is 2.28. The third kappa shape index (κ3) is 1.74. The molecule has 98 valence electrons. The van der Waals surface area contributed by atoms with E-state index in [4.69, 9.17) is 0 Å². The molecular weight excluding hydrogens is 254 g/mol. The Hall–Kier alpha value is -1.55. The molecule has 2 aromatic rings. The number of rotatable bonds is 1. The predicted molar refractivity (Wildman–Crippen MR) is 80.8 cm³/mol. The zero-order valence-corrected chi connectivity index (χ0v) is 11.9. The number of thiophene rings is 1. The minimum atomic E-state index is 0.643. The summed E-state index contributed by atoms with van der Waals surface area (Å²) in [6.45, 7) is 5.47. The van der Waals surface area contributed by atoms with Crippen LogP contribution in [0.4, 0.5) is 5.82 Å². The Bertz CT molecular complexity index is 646. The van der Waals surface area contributed by atoms with E-state index in [1.165, 1.54) is 27.9 Å². The van der Waals surface area contributed by atoms with E-state index >= 15 is 0 Å². The smallest absolute Gasteiger partial charge is 0.137 e. The molecule has 2 aromatic heterocycles. The second kappa shape index (κ2) is 4.23. The molecule has 2 aliphatic heterocycles. The first-order chi connectivity index (χ1) is 9.33. The minimum Gasteiger partial charge on any atom is -0.371 e. The van der Waals surface area contributed by atoms with E-state index in [0.29, 0.717) is 6.04 Å². The fourth-order valence-electron chi connectivity index (χ4n) is 3.17. The van der Waals surface area contributed by atoms with Crippen molar-refractivity contribution in [3.8, 4) is 0 Å². The van der Waals surface area contributed by atoms with Gasteiger partial charge in [-0.3, -0.25) is 0 Å². The van der Waals surface area contributed by atoms with Gasteiger partial charge in [-0.15, -0.1) is 11.3 Å². The summed E-state index contributed by atoms with van der Waals surface area (Å²) in [7, 11) is 0. The summed E-state index contributed by atoms with van der Waals surface area (Å²) in [6, 6.07) is 2.77. The SMILES string of the molecule is Cc1csc2ccnc(N3CCN4C=CCC4C3)c12.